The number of rotatable bonds is 8. The molecule has 2 fully saturated rings. The molecular weight excluding hydrogens is 485 g/mol. The van der Waals surface area contributed by atoms with Crippen molar-refractivity contribution in [3.05, 3.63) is 59.1 Å². The van der Waals surface area contributed by atoms with Gasteiger partial charge >= 0.3 is 0 Å². The zero-order valence-electron chi connectivity index (χ0n) is 21.9. The predicted octanol–water partition coefficient (Wildman–Crippen LogP) is 4.85. The minimum Gasteiger partial charge on any atom is -0.339 e. The van der Waals surface area contributed by atoms with E-state index in [0.29, 0.717) is 29.2 Å². The highest BCUT2D eigenvalue weighted by molar-refractivity contribution is 6.00. The number of nitrogens with zero attached hydrogens (tertiary/aromatic N) is 4. The lowest BCUT2D eigenvalue weighted by Gasteiger charge is -2.30. The smallest absolute Gasteiger partial charge is 0.270 e. The van der Waals surface area contributed by atoms with Gasteiger partial charge in [-0.05, 0) is 57.9 Å². The maximum atomic E-state index is 15.0. The number of anilines is 1. The molecule has 9 nitrogen and oxygen atoms in total. The van der Waals surface area contributed by atoms with Crippen LogP contribution in [0.25, 0.3) is 11.3 Å². The minimum absolute atomic E-state index is 0.00512. The number of amides is 2. The van der Waals surface area contributed by atoms with Crippen LogP contribution in [-0.2, 0) is 11.3 Å². The predicted molar refractivity (Wildman–Crippen MR) is 142 cm³/mol. The van der Waals surface area contributed by atoms with Crippen LogP contribution in [0.15, 0.2) is 36.2 Å². The largest absolute Gasteiger partial charge is 0.339 e. The van der Waals surface area contributed by atoms with Crippen LogP contribution in [0.5, 0.6) is 0 Å². The number of pyridine rings is 1. The molecule has 3 aromatic rings. The second kappa shape index (κ2) is 11.3. The third-order valence-electron chi connectivity index (χ3n) is 7.66. The summed E-state index contributed by atoms with van der Waals surface area (Å²) in [5.41, 5.74) is 4.19. The van der Waals surface area contributed by atoms with Crippen LogP contribution >= 0.6 is 0 Å². The Morgan fingerprint density at radius 2 is 2.00 bits per heavy atom. The number of aromatic nitrogens is 5. The first-order valence-electron chi connectivity index (χ1n) is 13.4. The van der Waals surface area contributed by atoms with E-state index in [1.807, 2.05) is 0 Å². The molecule has 2 saturated carbocycles. The van der Waals surface area contributed by atoms with Crippen molar-refractivity contribution in [1.29, 1.82) is 0 Å². The molecule has 0 unspecified atom stereocenters. The molecule has 0 aromatic carbocycles. The van der Waals surface area contributed by atoms with E-state index in [2.05, 4.69) is 37.0 Å². The van der Waals surface area contributed by atoms with Gasteiger partial charge in [-0.2, -0.15) is 10.2 Å². The number of nitrogens with one attached hydrogen (secondary N) is 3. The standard InChI is InChI=1S/C28H34FN7O2/c1-17-24(18(2)35-34-17)26-22(29)15-21(16-30-26)32-28(38)25(20-9-4-3-5-10-20)33-27(37)23-11-13-31-36(23)14-12-19-7-6-8-19/h11-13,15-16,20,25H,3-10,14H2,1-2H3,(H,32,38)(H,33,37)(H,34,35)/t25-/m0/s1. The van der Waals surface area contributed by atoms with Gasteiger partial charge < -0.3 is 10.6 Å². The number of hydrogen-bond acceptors (Lipinski definition) is 5. The number of hydrogen-bond donors (Lipinski definition) is 3. The first-order valence-corrected chi connectivity index (χ1v) is 13.4. The third kappa shape index (κ3) is 5.54. The first kappa shape index (κ1) is 25.8. The van der Waals surface area contributed by atoms with Crippen molar-refractivity contribution >= 4 is 17.5 Å². The van der Waals surface area contributed by atoms with E-state index in [9.17, 15) is 9.59 Å². The molecule has 0 aliphatic heterocycles. The molecule has 200 valence electrons. The zero-order valence-corrected chi connectivity index (χ0v) is 21.9. The number of allylic oxidation sites excluding steroid dienone is 2. The monoisotopic (exact) mass is 519 g/mol. The summed E-state index contributed by atoms with van der Waals surface area (Å²) in [5, 5.41) is 17.0. The fourth-order valence-corrected chi connectivity index (χ4v) is 5.36. The molecule has 0 bridgehead atoms. The van der Waals surface area contributed by atoms with E-state index in [1.165, 1.54) is 24.3 Å². The first-order chi connectivity index (χ1) is 18.4. The molecule has 2 aliphatic rings. The highest BCUT2D eigenvalue weighted by Crippen LogP contribution is 2.30. The number of halogens is 1. The summed E-state index contributed by atoms with van der Waals surface area (Å²) in [4.78, 5) is 31.1. The lowest BCUT2D eigenvalue weighted by Crippen LogP contribution is -2.49. The summed E-state index contributed by atoms with van der Waals surface area (Å²) < 4.78 is 16.7. The number of carbonyl (C=O) groups is 2. The van der Waals surface area contributed by atoms with Crippen molar-refractivity contribution < 1.29 is 14.0 Å². The lowest BCUT2D eigenvalue weighted by molar-refractivity contribution is -0.119. The van der Waals surface area contributed by atoms with Crippen molar-refractivity contribution in [3.63, 3.8) is 0 Å². The summed E-state index contributed by atoms with van der Waals surface area (Å²) >= 11 is 0. The Balaban J connectivity index is 1.32. The summed E-state index contributed by atoms with van der Waals surface area (Å²) in [5.74, 6) is -1.28. The van der Waals surface area contributed by atoms with Crippen molar-refractivity contribution in [2.24, 2.45) is 5.92 Å². The van der Waals surface area contributed by atoms with Gasteiger partial charge in [0.15, 0.2) is 5.82 Å². The van der Waals surface area contributed by atoms with E-state index in [4.69, 9.17) is 0 Å². The van der Waals surface area contributed by atoms with E-state index >= 15 is 4.39 Å². The topological polar surface area (TPSA) is 118 Å². The Hall–Kier alpha value is -3.82. The van der Waals surface area contributed by atoms with Crippen molar-refractivity contribution in [3.8, 4) is 11.3 Å². The molecule has 2 aliphatic carbocycles. The molecule has 3 heterocycles. The molecule has 10 heteroatoms. The third-order valence-corrected chi connectivity index (χ3v) is 7.66. The molecule has 5 rings (SSSR count). The fraction of sp³-hybridized carbons (Fsp3) is 0.464. The van der Waals surface area contributed by atoms with Crippen molar-refractivity contribution in [2.45, 2.75) is 77.8 Å². The molecular formula is C28H34FN7O2. The van der Waals surface area contributed by atoms with Gasteiger partial charge in [0.1, 0.15) is 17.4 Å². The van der Waals surface area contributed by atoms with Crippen molar-refractivity contribution in [1.82, 2.24) is 30.3 Å². The highest BCUT2D eigenvalue weighted by Gasteiger charge is 2.32. The number of H-pyrrole nitrogens is 1. The van der Waals surface area contributed by atoms with Crippen LogP contribution in [0.2, 0.25) is 0 Å². The molecule has 1 atom stereocenters. The maximum absolute atomic E-state index is 15.0. The average molecular weight is 520 g/mol. The van der Waals surface area contributed by atoms with Gasteiger partial charge in [-0.1, -0.05) is 30.9 Å². The molecule has 2 amide bonds. The van der Waals surface area contributed by atoms with Crippen LogP contribution in [0.3, 0.4) is 0 Å². The van der Waals surface area contributed by atoms with Gasteiger partial charge in [-0.3, -0.25) is 24.4 Å². The maximum Gasteiger partial charge on any atom is 0.270 e. The van der Waals surface area contributed by atoms with Crippen LogP contribution in [0, 0.1) is 25.6 Å². The van der Waals surface area contributed by atoms with Gasteiger partial charge in [0.05, 0.1) is 24.1 Å². The van der Waals surface area contributed by atoms with E-state index < -0.39 is 11.9 Å². The summed E-state index contributed by atoms with van der Waals surface area (Å²) in [7, 11) is 0. The zero-order chi connectivity index (χ0) is 26.6. The van der Waals surface area contributed by atoms with Gasteiger partial charge in [0.2, 0.25) is 5.91 Å². The van der Waals surface area contributed by atoms with Crippen LogP contribution in [0.1, 0.15) is 73.2 Å². The van der Waals surface area contributed by atoms with Gasteiger partial charge in [-0.25, -0.2) is 4.39 Å². The SMILES string of the molecule is Cc1n[nH]c(C)c1-c1ncc(NC(=O)[C@@H](NC(=O)c2ccnn2CC=C2CCC2)C2CCCCC2)cc1F. The fourth-order valence-electron chi connectivity index (χ4n) is 5.36. The number of aryl methyl sites for hydroxylation is 2. The quantitative estimate of drug-likeness (QED) is 0.368. The number of carbonyl (C=O) groups excluding carboxylic acids is 2. The lowest BCUT2D eigenvalue weighted by atomic mass is 9.83. The Morgan fingerprint density at radius 3 is 2.66 bits per heavy atom. The number of aromatic amines is 1. The van der Waals surface area contributed by atoms with Crippen LogP contribution in [0.4, 0.5) is 10.1 Å². The summed E-state index contributed by atoms with van der Waals surface area (Å²) in [6.45, 7) is 4.11. The Kier molecular flexibility index (Phi) is 7.67. The van der Waals surface area contributed by atoms with Crippen molar-refractivity contribution in [2.75, 3.05) is 5.32 Å². The molecule has 38 heavy (non-hydrogen) atoms. The van der Waals surface area contributed by atoms with E-state index in [-0.39, 0.29) is 29.1 Å². The second-order valence-corrected chi connectivity index (χ2v) is 10.3. The van der Waals surface area contributed by atoms with Crippen LogP contribution in [-0.4, -0.2) is 42.8 Å². The Bertz CT molecular complexity index is 1330. The van der Waals surface area contributed by atoms with Gasteiger partial charge in [0.25, 0.3) is 5.91 Å². The second-order valence-electron chi connectivity index (χ2n) is 10.3. The van der Waals surface area contributed by atoms with Gasteiger partial charge in [0, 0.05) is 23.5 Å². The van der Waals surface area contributed by atoms with E-state index in [1.54, 1.807) is 30.8 Å². The molecule has 0 saturated heterocycles. The normalized spacial score (nSPS) is 16.6. The summed E-state index contributed by atoms with van der Waals surface area (Å²) in [6, 6.07) is 2.18. The molecule has 0 spiro atoms. The Labute approximate surface area is 221 Å². The molecule has 3 aromatic heterocycles. The Morgan fingerprint density at radius 1 is 1.21 bits per heavy atom. The van der Waals surface area contributed by atoms with E-state index in [0.717, 1.165) is 44.9 Å². The molecule has 3 N–H and O–H groups in total. The molecule has 0 radical (unpaired) electrons. The highest BCUT2D eigenvalue weighted by atomic mass is 19.1. The average Bonchev–Trinajstić information content (AvgIpc) is 3.48. The summed E-state index contributed by atoms with van der Waals surface area (Å²) in [6.07, 6.45) is 13.4. The van der Waals surface area contributed by atoms with Gasteiger partial charge in [-0.15, -0.1) is 0 Å². The minimum atomic E-state index is -0.753. The van der Waals surface area contributed by atoms with Crippen LogP contribution < -0.4 is 10.6 Å².